The fourth-order valence-corrected chi connectivity index (χ4v) is 8.37. The number of carbonyl (C=O) groups is 3. The Balaban J connectivity index is 0.000000194. The molecule has 65 heavy (non-hydrogen) atoms. The van der Waals surface area contributed by atoms with Gasteiger partial charge in [0.05, 0.1) is 11.4 Å². The van der Waals surface area contributed by atoms with Gasteiger partial charge in [-0.05, 0) is 102 Å². The maximum Gasteiger partial charge on any atom is 0.410 e. The SMILES string of the molecule is Cc1cc(N2CCN(C(=O)OC(C)(C)C)CC2)c2oc(C#N)c(Cc3ccccc3)c2c1.Cc1cc(N2CCN(C(=O)OC(C)(C)C)CC2)c2oc(C(N)=O)c(Cc3ccccc3)c2c1. The van der Waals surface area contributed by atoms with Gasteiger partial charge in [-0.15, -0.1) is 0 Å². The summed E-state index contributed by atoms with van der Waals surface area (Å²) in [6.07, 6.45) is 0.630. The number of anilines is 2. The molecule has 3 amide bonds. The Labute approximate surface area is 381 Å². The molecule has 0 radical (unpaired) electrons. The monoisotopic (exact) mass is 880 g/mol. The standard InChI is InChI=1S/C26H31N3O4.C26H29N3O3/c1-17-14-19-20(16-18-8-6-5-7-9-18)23(24(27)30)32-22(19)21(15-17)28-10-12-29(13-11-28)25(31)33-26(2,3)4;1-18-14-21-20(16-19-8-6-5-7-9-19)23(17-27)31-24(21)22(15-18)28-10-12-29(13-11-28)25(30)32-26(2,3)4/h5-9,14-15H,10-13,16H2,1-4H3,(H2,27,30);5-9,14-15H,10-13,16H2,1-4H3. The van der Waals surface area contributed by atoms with Crippen LogP contribution in [0.25, 0.3) is 21.9 Å². The fourth-order valence-electron chi connectivity index (χ4n) is 8.37. The average molecular weight is 881 g/mol. The van der Waals surface area contributed by atoms with Crippen LogP contribution in [0.15, 0.2) is 93.8 Å². The largest absolute Gasteiger partial charge is 0.448 e. The molecule has 4 aromatic carbocycles. The summed E-state index contributed by atoms with van der Waals surface area (Å²) < 4.78 is 23.2. The van der Waals surface area contributed by atoms with Crippen molar-refractivity contribution >= 4 is 51.4 Å². The van der Waals surface area contributed by atoms with Crippen molar-refractivity contribution in [3.63, 3.8) is 0 Å². The number of aryl methyl sites for hydroxylation is 2. The molecule has 0 atom stereocenters. The lowest BCUT2D eigenvalue weighted by atomic mass is 9.99. The van der Waals surface area contributed by atoms with Crippen molar-refractivity contribution in [2.75, 3.05) is 62.2 Å². The Hall–Kier alpha value is -6.94. The quantitative estimate of drug-likeness (QED) is 0.164. The van der Waals surface area contributed by atoms with Gasteiger partial charge in [-0.25, -0.2) is 9.59 Å². The number of piperazine rings is 2. The van der Waals surface area contributed by atoms with Crippen molar-refractivity contribution in [3.8, 4) is 6.07 Å². The van der Waals surface area contributed by atoms with E-state index in [1.165, 1.54) is 0 Å². The Morgan fingerprint density at radius 1 is 0.615 bits per heavy atom. The summed E-state index contributed by atoms with van der Waals surface area (Å²) in [5, 5.41) is 11.6. The van der Waals surface area contributed by atoms with Crippen molar-refractivity contribution in [2.24, 2.45) is 5.73 Å². The van der Waals surface area contributed by atoms with Crippen LogP contribution in [0.3, 0.4) is 0 Å². The zero-order valence-electron chi connectivity index (χ0n) is 38.8. The summed E-state index contributed by atoms with van der Waals surface area (Å²) >= 11 is 0. The van der Waals surface area contributed by atoms with E-state index in [2.05, 4.69) is 53.1 Å². The highest BCUT2D eigenvalue weighted by Crippen LogP contribution is 2.38. The van der Waals surface area contributed by atoms with E-state index in [0.717, 1.165) is 61.1 Å². The number of nitriles is 1. The van der Waals surface area contributed by atoms with Crippen LogP contribution in [0.1, 0.15) is 91.2 Å². The van der Waals surface area contributed by atoms with Crippen LogP contribution in [0.4, 0.5) is 21.0 Å². The molecule has 2 fully saturated rings. The lowest BCUT2D eigenvalue weighted by molar-refractivity contribution is 0.0230. The maximum atomic E-state index is 12.4. The second-order valence-corrected chi connectivity index (χ2v) is 18.9. The molecule has 0 aliphatic carbocycles. The molecule has 0 unspecified atom stereocenters. The molecule has 0 saturated carbocycles. The van der Waals surface area contributed by atoms with Crippen LogP contribution >= 0.6 is 0 Å². The predicted molar refractivity (Wildman–Crippen MR) is 254 cm³/mol. The number of rotatable bonds is 7. The van der Waals surface area contributed by atoms with Crippen LogP contribution in [0, 0.1) is 25.2 Å². The summed E-state index contributed by atoms with van der Waals surface area (Å²) in [6.45, 7) is 20.2. The van der Waals surface area contributed by atoms with Crippen molar-refractivity contribution in [3.05, 3.63) is 130 Å². The number of carbonyl (C=O) groups excluding carboxylic acids is 3. The Kier molecular flexibility index (Phi) is 13.5. The first kappa shape index (κ1) is 46.1. The molecule has 340 valence electrons. The van der Waals surface area contributed by atoms with E-state index >= 15 is 0 Å². The van der Waals surface area contributed by atoms with E-state index in [-0.39, 0.29) is 17.9 Å². The lowest BCUT2D eigenvalue weighted by Gasteiger charge is -2.36. The molecule has 4 heterocycles. The minimum atomic E-state index is -0.574. The minimum absolute atomic E-state index is 0.202. The molecule has 13 heteroatoms. The zero-order valence-corrected chi connectivity index (χ0v) is 38.8. The van der Waals surface area contributed by atoms with Crippen molar-refractivity contribution in [1.29, 1.82) is 5.26 Å². The summed E-state index contributed by atoms with van der Waals surface area (Å²) in [4.78, 5) is 45.0. The Bertz CT molecular complexity index is 2710. The smallest absolute Gasteiger partial charge is 0.410 e. The van der Waals surface area contributed by atoms with Gasteiger partial charge in [0.2, 0.25) is 5.76 Å². The van der Waals surface area contributed by atoms with E-state index in [1.807, 2.05) is 103 Å². The molecule has 0 bridgehead atoms. The molecule has 2 aliphatic rings. The summed E-state index contributed by atoms with van der Waals surface area (Å²) in [7, 11) is 0. The summed E-state index contributed by atoms with van der Waals surface area (Å²) in [6, 6.07) is 30.6. The van der Waals surface area contributed by atoms with Gasteiger partial charge >= 0.3 is 12.2 Å². The van der Waals surface area contributed by atoms with Crippen LogP contribution in [0.5, 0.6) is 0 Å². The second-order valence-electron chi connectivity index (χ2n) is 18.9. The second kappa shape index (κ2) is 19.0. The topological polar surface area (TPSA) is 159 Å². The minimum Gasteiger partial charge on any atom is -0.448 e. The molecule has 2 saturated heterocycles. The number of amides is 3. The van der Waals surface area contributed by atoms with Gasteiger partial charge in [-0.3, -0.25) is 4.79 Å². The molecular formula is C52H60N6O7. The highest BCUT2D eigenvalue weighted by atomic mass is 16.6. The van der Waals surface area contributed by atoms with Crippen LogP contribution < -0.4 is 15.5 Å². The number of ether oxygens (including phenoxy) is 2. The van der Waals surface area contributed by atoms with E-state index in [0.29, 0.717) is 76.5 Å². The fraction of sp³-hybridized carbons (Fsp3) is 0.385. The normalized spacial score (nSPS) is 14.5. The first-order valence-electron chi connectivity index (χ1n) is 22.2. The molecule has 2 aromatic heterocycles. The molecule has 0 spiro atoms. The Morgan fingerprint density at radius 3 is 1.42 bits per heavy atom. The number of benzene rings is 4. The molecular weight excluding hydrogens is 821 g/mol. The number of nitrogens with two attached hydrogens (primary N) is 1. The van der Waals surface area contributed by atoms with Gasteiger partial charge in [0, 0.05) is 87.1 Å². The predicted octanol–water partition coefficient (Wildman–Crippen LogP) is 9.75. The van der Waals surface area contributed by atoms with Crippen molar-refractivity contribution in [2.45, 2.75) is 79.4 Å². The van der Waals surface area contributed by atoms with Gasteiger partial charge < -0.3 is 43.6 Å². The van der Waals surface area contributed by atoms with Gasteiger partial charge in [0.25, 0.3) is 5.91 Å². The van der Waals surface area contributed by atoms with E-state index in [4.69, 9.17) is 24.0 Å². The van der Waals surface area contributed by atoms with E-state index < -0.39 is 17.1 Å². The number of furan rings is 2. The average Bonchev–Trinajstić information content (AvgIpc) is 3.80. The van der Waals surface area contributed by atoms with E-state index in [9.17, 15) is 19.6 Å². The number of fused-ring (bicyclic) bond motifs is 2. The number of nitrogens with zero attached hydrogens (tertiary/aromatic N) is 5. The van der Waals surface area contributed by atoms with Crippen LogP contribution in [-0.4, -0.2) is 91.5 Å². The Morgan fingerprint density at radius 2 is 1.02 bits per heavy atom. The third-order valence-electron chi connectivity index (χ3n) is 11.4. The maximum absolute atomic E-state index is 12.4. The molecule has 2 N–H and O–H groups in total. The van der Waals surface area contributed by atoms with Gasteiger partial charge in [-0.2, -0.15) is 5.26 Å². The third-order valence-corrected chi connectivity index (χ3v) is 11.4. The lowest BCUT2D eigenvalue weighted by Crippen LogP contribution is -2.50. The summed E-state index contributed by atoms with van der Waals surface area (Å²) in [5.41, 5.74) is 14.1. The molecule has 6 aromatic rings. The number of hydrogen-bond acceptors (Lipinski definition) is 10. The van der Waals surface area contributed by atoms with Gasteiger partial charge in [0.1, 0.15) is 17.3 Å². The van der Waals surface area contributed by atoms with Crippen LogP contribution in [0.2, 0.25) is 0 Å². The highest BCUT2D eigenvalue weighted by Gasteiger charge is 2.30. The van der Waals surface area contributed by atoms with Gasteiger partial charge in [0.15, 0.2) is 16.9 Å². The van der Waals surface area contributed by atoms with Crippen molar-refractivity contribution < 1.29 is 32.7 Å². The van der Waals surface area contributed by atoms with Gasteiger partial charge in [-0.1, -0.05) is 60.7 Å². The number of hydrogen-bond donors (Lipinski definition) is 1. The first-order chi connectivity index (χ1) is 30.9. The van der Waals surface area contributed by atoms with E-state index in [1.54, 1.807) is 9.80 Å². The van der Waals surface area contributed by atoms with Crippen LogP contribution in [-0.2, 0) is 22.3 Å². The first-order valence-corrected chi connectivity index (χ1v) is 22.2. The zero-order chi connectivity index (χ0) is 46.6. The molecule has 2 aliphatic heterocycles. The third kappa shape index (κ3) is 11.1. The number of primary amides is 1. The highest BCUT2D eigenvalue weighted by molar-refractivity contribution is 6.02. The molecule has 13 nitrogen and oxygen atoms in total. The van der Waals surface area contributed by atoms with Crippen molar-refractivity contribution in [1.82, 2.24) is 9.80 Å². The molecule has 8 rings (SSSR count). The summed E-state index contributed by atoms with van der Waals surface area (Å²) in [5.74, 6) is -0.00772.